The summed E-state index contributed by atoms with van der Waals surface area (Å²) < 4.78 is 38.2. The maximum absolute atomic E-state index is 13.3. The van der Waals surface area contributed by atoms with E-state index < -0.39 is 15.9 Å². The Hall–Kier alpha value is -2.33. The smallest absolute Gasteiger partial charge is 0.264 e. The van der Waals surface area contributed by atoms with Gasteiger partial charge in [-0.15, -0.1) is 0 Å². The Bertz CT molecular complexity index is 979. The number of rotatable bonds is 9. The number of methoxy groups -OCH3 is 1. The van der Waals surface area contributed by atoms with E-state index in [-0.39, 0.29) is 11.4 Å². The molecule has 2 aromatic carbocycles. The zero-order chi connectivity index (χ0) is 22.3. The largest absolute Gasteiger partial charge is 0.497 e. The summed E-state index contributed by atoms with van der Waals surface area (Å²) in [7, 11) is -2.50. The third-order valence-corrected chi connectivity index (χ3v) is 6.91. The van der Waals surface area contributed by atoms with Gasteiger partial charge in [0.05, 0.1) is 30.9 Å². The molecule has 31 heavy (non-hydrogen) atoms. The first-order valence-electron chi connectivity index (χ1n) is 9.89. The fourth-order valence-corrected chi connectivity index (χ4v) is 4.78. The molecule has 1 aliphatic heterocycles. The molecule has 10 heteroatoms. The maximum Gasteiger partial charge on any atom is 0.264 e. The van der Waals surface area contributed by atoms with Crippen molar-refractivity contribution in [3.05, 3.63) is 53.6 Å². The summed E-state index contributed by atoms with van der Waals surface area (Å²) in [4.78, 5) is 14.9. The number of halogens is 1. The quantitative estimate of drug-likeness (QED) is 0.606. The number of nitrogens with zero attached hydrogens (tertiary/aromatic N) is 2. The van der Waals surface area contributed by atoms with Gasteiger partial charge in [-0.2, -0.15) is 0 Å². The van der Waals surface area contributed by atoms with Crippen LogP contribution in [-0.4, -0.2) is 72.3 Å². The Balaban J connectivity index is 1.75. The van der Waals surface area contributed by atoms with Crippen LogP contribution in [0.2, 0.25) is 5.02 Å². The second-order valence-electron chi connectivity index (χ2n) is 6.97. The molecule has 0 atom stereocenters. The summed E-state index contributed by atoms with van der Waals surface area (Å²) in [5, 5.41) is 3.18. The predicted octanol–water partition coefficient (Wildman–Crippen LogP) is 1.99. The minimum Gasteiger partial charge on any atom is -0.497 e. The molecule has 3 rings (SSSR count). The van der Waals surface area contributed by atoms with Crippen LogP contribution in [0.3, 0.4) is 0 Å². The number of anilines is 1. The predicted molar refractivity (Wildman–Crippen MR) is 119 cm³/mol. The molecule has 0 radical (unpaired) electrons. The van der Waals surface area contributed by atoms with Gasteiger partial charge in [0.15, 0.2) is 0 Å². The van der Waals surface area contributed by atoms with Gasteiger partial charge in [0.25, 0.3) is 10.0 Å². The molecule has 0 bridgehead atoms. The van der Waals surface area contributed by atoms with Gasteiger partial charge in [-0.1, -0.05) is 17.7 Å². The Morgan fingerprint density at radius 2 is 1.90 bits per heavy atom. The number of hydrogen-bond acceptors (Lipinski definition) is 6. The van der Waals surface area contributed by atoms with Gasteiger partial charge in [-0.3, -0.25) is 14.0 Å². The molecule has 2 aromatic rings. The molecule has 1 aliphatic rings. The first-order valence-corrected chi connectivity index (χ1v) is 11.7. The SMILES string of the molecule is COc1ccc(S(=O)(=O)N(CC(=O)NCCN2CCOCC2)c2cccc(Cl)c2)cc1. The van der Waals surface area contributed by atoms with E-state index in [9.17, 15) is 13.2 Å². The molecular formula is C21H26ClN3O5S. The lowest BCUT2D eigenvalue weighted by atomic mass is 10.3. The van der Waals surface area contributed by atoms with Crippen molar-refractivity contribution >= 4 is 33.2 Å². The summed E-state index contributed by atoms with van der Waals surface area (Å²) in [6.45, 7) is 3.72. The molecule has 1 heterocycles. The van der Waals surface area contributed by atoms with Crippen molar-refractivity contribution in [3.8, 4) is 5.75 Å². The zero-order valence-electron chi connectivity index (χ0n) is 17.3. The number of amides is 1. The molecule has 1 amide bonds. The highest BCUT2D eigenvalue weighted by Gasteiger charge is 2.27. The molecule has 8 nitrogen and oxygen atoms in total. The van der Waals surface area contributed by atoms with Gasteiger partial charge in [-0.05, 0) is 42.5 Å². The molecule has 1 N–H and O–H groups in total. The van der Waals surface area contributed by atoms with E-state index in [1.54, 1.807) is 30.3 Å². The van der Waals surface area contributed by atoms with Gasteiger partial charge in [0.1, 0.15) is 12.3 Å². The molecule has 0 unspecified atom stereocenters. The number of hydrogen-bond donors (Lipinski definition) is 1. The van der Waals surface area contributed by atoms with Crippen LogP contribution in [0.4, 0.5) is 5.69 Å². The van der Waals surface area contributed by atoms with Crippen LogP contribution in [0.25, 0.3) is 0 Å². The van der Waals surface area contributed by atoms with E-state index >= 15 is 0 Å². The number of carbonyl (C=O) groups is 1. The fraction of sp³-hybridized carbons (Fsp3) is 0.381. The van der Waals surface area contributed by atoms with E-state index in [0.29, 0.717) is 42.8 Å². The minimum absolute atomic E-state index is 0.0504. The normalized spacial score (nSPS) is 14.8. The highest BCUT2D eigenvalue weighted by atomic mass is 35.5. The Labute approximate surface area is 187 Å². The molecule has 1 saturated heterocycles. The van der Waals surface area contributed by atoms with Gasteiger partial charge in [0.2, 0.25) is 5.91 Å². The monoisotopic (exact) mass is 467 g/mol. The molecular weight excluding hydrogens is 442 g/mol. The molecule has 1 fully saturated rings. The summed E-state index contributed by atoms with van der Waals surface area (Å²) in [6, 6.07) is 12.4. The average Bonchev–Trinajstić information content (AvgIpc) is 2.78. The van der Waals surface area contributed by atoms with Crippen LogP contribution in [0, 0.1) is 0 Å². The average molecular weight is 468 g/mol. The Kier molecular flexibility index (Phi) is 8.14. The summed E-state index contributed by atoms with van der Waals surface area (Å²) in [5.41, 5.74) is 0.312. The van der Waals surface area contributed by atoms with Gasteiger partial charge < -0.3 is 14.8 Å². The lowest BCUT2D eigenvalue weighted by Gasteiger charge is -2.27. The number of benzene rings is 2. The molecule has 168 valence electrons. The summed E-state index contributed by atoms with van der Waals surface area (Å²) in [6.07, 6.45) is 0. The first-order chi connectivity index (χ1) is 14.9. The van der Waals surface area contributed by atoms with E-state index in [4.69, 9.17) is 21.1 Å². The van der Waals surface area contributed by atoms with Crippen LogP contribution in [0.15, 0.2) is 53.4 Å². The third kappa shape index (κ3) is 6.33. The number of ether oxygens (including phenoxy) is 2. The lowest BCUT2D eigenvalue weighted by molar-refractivity contribution is -0.119. The third-order valence-electron chi connectivity index (χ3n) is 4.88. The standard InChI is InChI=1S/C21H26ClN3O5S/c1-29-19-5-7-20(8-6-19)31(27,28)25(18-4-2-3-17(22)15-18)16-21(26)23-9-10-24-11-13-30-14-12-24/h2-8,15H,9-14,16H2,1H3,(H,23,26). The fourth-order valence-electron chi connectivity index (χ4n) is 3.19. The van der Waals surface area contributed by atoms with E-state index in [0.717, 1.165) is 17.4 Å². The summed E-state index contributed by atoms with van der Waals surface area (Å²) >= 11 is 6.08. The summed E-state index contributed by atoms with van der Waals surface area (Å²) in [5.74, 6) is 0.138. The van der Waals surface area contributed by atoms with Crippen molar-refractivity contribution in [2.24, 2.45) is 0 Å². The van der Waals surface area contributed by atoms with Crippen LogP contribution in [0.1, 0.15) is 0 Å². The van der Waals surface area contributed by atoms with Crippen LogP contribution in [-0.2, 0) is 19.6 Å². The second-order valence-corrected chi connectivity index (χ2v) is 9.27. The van der Waals surface area contributed by atoms with Crippen LogP contribution >= 0.6 is 11.6 Å². The van der Waals surface area contributed by atoms with Gasteiger partial charge in [-0.25, -0.2) is 8.42 Å². The van der Waals surface area contributed by atoms with Crippen molar-refractivity contribution in [1.29, 1.82) is 0 Å². The lowest BCUT2D eigenvalue weighted by Crippen LogP contribution is -2.44. The van der Waals surface area contributed by atoms with Crippen molar-refractivity contribution in [2.45, 2.75) is 4.90 Å². The van der Waals surface area contributed by atoms with Crippen molar-refractivity contribution in [2.75, 3.05) is 57.4 Å². The Morgan fingerprint density at radius 1 is 1.19 bits per heavy atom. The van der Waals surface area contributed by atoms with Crippen molar-refractivity contribution in [3.63, 3.8) is 0 Å². The number of sulfonamides is 1. The topological polar surface area (TPSA) is 88.2 Å². The molecule has 0 aromatic heterocycles. The number of nitrogens with one attached hydrogen (secondary N) is 1. The van der Waals surface area contributed by atoms with Crippen molar-refractivity contribution < 1.29 is 22.7 Å². The van der Waals surface area contributed by atoms with Crippen LogP contribution < -0.4 is 14.4 Å². The van der Waals surface area contributed by atoms with E-state index in [2.05, 4.69) is 10.2 Å². The van der Waals surface area contributed by atoms with Crippen molar-refractivity contribution in [1.82, 2.24) is 10.2 Å². The minimum atomic E-state index is -4.01. The molecule has 0 spiro atoms. The van der Waals surface area contributed by atoms with E-state index in [1.807, 2.05) is 0 Å². The highest BCUT2D eigenvalue weighted by Crippen LogP contribution is 2.27. The van der Waals surface area contributed by atoms with Gasteiger partial charge >= 0.3 is 0 Å². The van der Waals surface area contributed by atoms with Gasteiger partial charge in [0, 0.05) is 31.2 Å². The highest BCUT2D eigenvalue weighted by molar-refractivity contribution is 7.92. The second kappa shape index (κ2) is 10.8. The first kappa shape index (κ1) is 23.3. The molecule has 0 saturated carbocycles. The number of morpholine rings is 1. The van der Waals surface area contributed by atoms with Crippen LogP contribution in [0.5, 0.6) is 5.75 Å². The molecule has 0 aliphatic carbocycles. The maximum atomic E-state index is 13.3. The van der Waals surface area contributed by atoms with E-state index in [1.165, 1.54) is 25.3 Å². The zero-order valence-corrected chi connectivity index (χ0v) is 18.9. The Morgan fingerprint density at radius 3 is 2.55 bits per heavy atom. The number of carbonyl (C=O) groups excluding carboxylic acids is 1.